The predicted molar refractivity (Wildman–Crippen MR) is 80.7 cm³/mol. The Morgan fingerprint density at radius 2 is 1.89 bits per heavy atom. The van der Waals surface area contributed by atoms with Gasteiger partial charge in [0.05, 0.1) is 12.3 Å². The molecule has 0 amide bonds. The fraction of sp³-hybridized carbons (Fsp3) is 0.286. The van der Waals surface area contributed by atoms with Gasteiger partial charge in [0, 0.05) is 10.0 Å². The molecule has 2 nitrogen and oxygen atoms in total. The van der Waals surface area contributed by atoms with E-state index in [1.807, 2.05) is 6.07 Å². The van der Waals surface area contributed by atoms with Gasteiger partial charge in [0.15, 0.2) is 4.67 Å². The van der Waals surface area contributed by atoms with E-state index in [-0.39, 0.29) is 6.04 Å². The van der Waals surface area contributed by atoms with Crippen molar-refractivity contribution in [1.29, 1.82) is 0 Å². The van der Waals surface area contributed by atoms with E-state index in [9.17, 15) is 0 Å². The number of hydrogen-bond donors (Lipinski definition) is 1. The van der Waals surface area contributed by atoms with Crippen molar-refractivity contribution in [3.8, 4) is 0 Å². The van der Waals surface area contributed by atoms with Crippen LogP contribution < -0.4 is 5.32 Å². The Morgan fingerprint density at radius 1 is 1.17 bits per heavy atom. The summed E-state index contributed by atoms with van der Waals surface area (Å²) in [5.74, 6) is 0. The second-order valence-electron chi connectivity index (χ2n) is 4.09. The first-order valence-electron chi connectivity index (χ1n) is 5.94. The zero-order valence-electron chi connectivity index (χ0n) is 10.1. The Morgan fingerprint density at radius 3 is 2.44 bits per heavy atom. The smallest absolute Gasteiger partial charge is 0.174 e. The van der Waals surface area contributed by atoms with Crippen LogP contribution in [0.25, 0.3) is 0 Å². The van der Waals surface area contributed by atoms with Crippen molar-refractivity contribution in [2.45, 2.75) is 19.4 Å². The molecule has 0 fully saturated rings. The Hall–Kier alpha value is -0.580. The van der Waals surface area contributed by atoms with Crippen LogP contribution in [0, 0.1) is 0 Å². The van der Waals surface area contributed by atoms with Crippen molar-refractivity contribution in [2.24, 2.45) is 0 Å². The van der Waals surface area contributed by atoms with Crippen LogP contribution >= 0.6 is 31.9 Å². The van der Waals surface area contributed by atoms with Gasteiger partial charge in [0.25, 0.3) is 0 Å². The fourth-order valence-electron chi connectivity index (χ4n) is 1.86. The highest BCUT2D eigenvalue weighted by Gasteiger charge is 2.17. The van der Waals surface area contributed by atoms with E-state index in [1.165, 1.54) is 5.56 Å². The molecule has 4 heteroatoms. The van der Waals surface area contributed by atoms with Gasteiger partial charge in [-0.1, -0.05) is 35.0 Å². The van der Waals surface area contributed by atoms with Crippen molar-refractivity contribution in [1.82, 2.24) is 5.32 Å². The summed E-state index contributed by atoms with van der Waals surface area (Å²) < 4.78 is 7.22. The van der Waals surface area contributed by atoms with Gasteiger partial charge in [-0.2, -0.15) is 0 Å². The lowest BCUT2D eigenvalue weighted by Gasteiger charge is -2.18. The molecule has 0 aliphatic carbocycles. The highest BCUT2D eigenvalue weighted by atomic mass is 79.9. The summed E-state index contributed by atoms with van der Waals surface area (Å²) in [5.41, 5.74) is 2.36. The molecule has 96 valence electrons. The Kier molecular flexibility index (Phi) is 5.03. The molecule has 0 bridgehead atoms. The molecule has 0 aliphatic heterocycles. The quantitative estimate of drug-likeness (QED) is 0.807. The molecule has 1 atom stereocenters. The third-order valence-corrected chi connectivity index (χ3v) is 3.93. The van der Waals surface area contributed by atoms with E-state index < -0.39 is 0 Å². The van der Waals surface area contributed by atoms with Crippen molar-refractivity contribution >= 4 is 31.9 Å². The molecule has 0 aliphatic rings. The summed E-state index contributed by atoms with van der Waals surface area (Å²) in [7, 11) is 0. The van der Waals surface area contributed by atoms with Gasteiger partial charge in [-0.05, 0) is 52.7 Å². The van der Waals surface area contributed by atoms with E-state index in [2.05, 4.69) is 68.4 Å². The van der Waals surface area contributed by atoms with Gasteiger partial charge in [0.2, 0.25) is 0 Å². The molecular weight excluding hydrogens is 358 g/mol. The second-order valence-corrected chi connectivity index (χ2v) is 5.72. The number of benzene rings is 1. The maximum absolute atomic E-state index is 5.34. The summed E-state index contributed by atoms with van der Waals surface area (Å²) in [6.45, 7) is 3.13. The Labute approximate surface area is 124 Å². The number of hydrogen-bond acceptors (Lipinski definition) is 2. The lowest BCUT2D eigenvalue weighted by molar-refractivity contribution is 0.523. The molecule has 1 N–H and O–H groups in total. The molecule has 0 saturated carbocycles. The molecule has 2 rings (SSSR count). The van der Waals surface area contributed by atoms with Gasteiger partial charge < -0.3 is 9.73 Å². The normalized spacial score (nSPS) is 12.6. The van der Waals surface area contributed by atoms with Gasteiger partial charge >= 0.3 is 0 Å². The Bertz CT molecular complexity index is 493. The van der Waals surface area contributed by atoms with Crippen LogP contribution in [0.15, 0.2) is 50.2 Å². The molecule has 1 heterocycles. The lowest BCUT2D eigenvalue weighted by atomic mass is 10.0. The molecule has 1 unspecified atom stereocenters. The van der Waals surface area contributed by atoms with Crippen molar-refractivity contribution in [3.05, 3.63) is 56.9 Å². The van der Waals surface area contributed by atoms with Crippen LogP contribution in [-0.2, 0) is 0 Å². The van der Waals surface area contributed by atoms with Gasteiger partial charge in [0.1, 0.15) is 0 Å². The molecule has 2 aromatic rings. The summed E-state index contributed by atoms with van der Waals surface area (Å²) in [5, 5.41) is 3.54. The highest BCUT2D eigenvalue weighted by molar-refractivity contribution is 9.10. The lowest BCUT2D eigenvalue weighted by Crippen LogP contribution is -2.23. The predicted octanol–water partition coefficient (Wildman–Crippen LogP) is 4.89. The van der Waals surface area contributed by atoms with Gasteiger partial charge in [-0.25, -0.2) is 0 Å². The fourth-order valence-corrected chi connectivity index (χ4v) is 2.59. The van der Waals surface area contributed by atoms with E-state index in [1.54, 1.807) is 6.26 Å². The van der Waals surface area contributed by atoms with E-state index in [0.29, 0.717) is 0 Å². The molecular formula is C14H15Br2NO. The largest absolute Gasteiger partial charge is 0.457 e. The van der Waals surface area contributed by atoms with Crippen molar-refractivity contribution in [3.63, 3.8) is 0 Å². The number of furan rings is 1. The minimum atomic E-state index is 0.158. The first-order chi connectivity index (χ1) is 8.72. The maximum Gasteiger partial charge on any atom is 0.174 e. The van der Waals surface area contributed by atoms with Crippen LogP contribution in [0.2, 0.25) is 0 Å². The summed E-state index contributed by atoms with van der Waals surface area (Å²) in [6.07, 6.45) is 2.81. The third kappa shape index (κ3) is 3.25. The average molecular weight is 373 g/mol. The number of nitrogens with one attached hydrogen (secondary N) is 1. The molecule has 0 spiro atoms. The topological polar surface area (TPSA) is 25.2 Å². The first-order valence-corrected chi connectivity index (χ1v) is 7.52. The molecule has 18 heavy (non-hydrogen) atoms. The molecule has 0 saturated heterocycles. The summed E-state index contributed by atoms with van der Waals surface area (Å²) >= 11 is 6.92. The third-order valence-electron chi connectivity index (χ3n) is 2.76. The van der Waals surface area contributed by atoms with Crippen molar-refractivity contribution < 1.29 is 4.42 Å². The minimum Gasteiger partial charge on any atom is -0.457 e. The molecule has 1 aromatic heterocycles. The molecule has 1 aromatic carbocycles. The van der Waals surface area contributed by atoms with Gasteiger partial charge in [-0.3, -0.25) is 0 Å². The minimum absolute atomic E-state index is 0.158. The van der Waals surface area contributed by atoms with Crippen LogP contribution in [0.3, 0.4) is 0 Å². The number of halogens is 2. The monoisotopic (exact) mass is 371 g/mol. The summed E-state index contributed by atoms with van der Waals surface area (Å²) in [4.78, 5) is 0. The number of rotatable bonds is 5. The van der Waals surface area contributed by atoms with Crippen LogP contribution in [0.5, 0.6) is 0 Å². The zero-order chi connectivity index (χ0) is 13.0. The summed E-state index contributed by atoms with van der Waals surface area (Å²) in [6, 6.07) is 10.5. The van der Waals surface area contributed by atoms with Crippen molar-refractivity contribution in [2.75, 3.05) is 6.54 Å². The first kappa shape index (κ1) is 13.8. The zero-order valence-corrected chi connectivity index (χ0v) is 13.3. The van der Waals surface area contributed by atoms with Crippen LogP contribution in [-0.4, -0.2) is 6.54 Å². The average Bonchev–Trinajstić information content (AvgIpc) is 2.78. The molecule has 0 radical (unpaired) electrons. The van der Waals surface area contributed by atoms with E-state index >= 15 is 0 Å². The van der Waals surface area contributed by atoms with E-state index in [4.69, 9.17) is 4.42 Å². The Balaban J connectivity index is 2.30. The second kappa shape index (κ2) is 6.55. The highest BCUT2D eigenvalue weighted by Crippen LogP contribution is 2.30. The standard InChI is InChI=1S/C14H15Br2NO/c1-2-8-17-13(12-7-9-18-14(12)16)10-3-5-11(15)6-4-10/h3-7,9,13,17H,2,8H2,1H3. The van der Waals surface area contributed by atoms with E-state index in [0.717, 1.165) is 27.7 Å². The van der Waals surface area contributed by atoms with Crippen LogP contribution in [0.4, 0.5) is 0 Å². The van der Waals surface area contributed by atoms with Gasteiger partial charge in [-0.15, -0.1) is 0 Å². The SMILES string of the molecule is CCCNC(c1ccc(Br)cc1)c1ccoc1Br. The van der Waals surface area contributed by atoms with Crippen LogP contribution in [0.1, 0.15) is 30.5 Å². The maximum atomic E-state index is 5.34.